The maximum Gasteiger partial charge on any atom is 0.220 e. The fourth-order valence-corrected chi connectivity index (χ4v) is 4.07. The van der Waals surface area contributed by atoms with Crippen molar-refractivity contribution >= 4 is 34.8 Å². The summed E-state index contributed by atoms with van der Waals surface area (Å²) in [5.41, 5.74) is 3.41. The third kappa shape index (κ3) is 5.65. The van der Waals surface area contributed by atoms with Crippen LogP contribution in [0.15, 0.2) is 42.5 Å². The van der Waals surface area contributed by atoms with Crippen molar-refractivity contribution in [2.75, 3.05) is 18.0 Å². The largest absolute Gasteiger partial charge is 0.371 e. The summed E-state index contributed by atoms with van der Waals surface area (Å²) in [5, 5.41) is 4.14. The molecule has 2 atom stereocenters. The highest BCUT2D eigenvalue weighted by Gasteiger charge is 2.17. The van der Waals surface area contributed by atoms with Crippen LogP contribution >= 0.6 is 23.2 Å². The van der Waals surface area contributed by atoms with Crippen LogP contribution in [0.5, 0.6) is 0 Å². The Bertz CT molecular complexity index is 807. The van der Waals surface area contributed by atoms with Crippen LogP contribution in [-0.2, 0) is 11.2 Å². The first kappa shape index (κ1) is 21.0. The van der Waals surface area contributed by atoms with Crippen LogP contribution in [0.25, 0.3) is 0 Å². The van der Waals surface area contributed by atoms with Gasteiger partial charge in [-0.15, -0.1) is 0 Å². The fourth-order valence-electron chi connectivity index (χ4n) is 3.75. The van der Waals surface area contributed by atoms with Crippen molar-refractivity contribution in [2.45, 2.75) is 45.6 Å². The zero-order chi connectivity index (χ0) is 20.1. The molecule has 0 spiro atoms. The second-order valence-electron chi connectivity index (χ2n) is 7.82. The second-order valence-corrected chi connectivity index (χ2v) is 8.64. The molecule has 0 bridgehead atoms. The topological polar surface area (TPSA) is 32.3 Å². The van der Waals surface area contributed by atoms with Gasteiger partial charge >= 0.3 is 0 Å². The minimum atomic E-state index is -0.0179. The lowest BCUT2D eigenvalue weighted by molar-refractivity contribution is -0.121. The summed E-state index contributed by atoms with van der Waals surface area (Å²) < 4.78 is 0. The molecule has 3 nitrogen and oxygen atoms in total. The molecule has 1 amide bonds. The lowest BCUT2D eigenvalue weighted by atomic mass is 9.99. The third-order valence-electron chi connectivity index (χ3n) is 5.42. The van der Waals surface area contributed by atoms with Crippen molar-refractivity contribution in [2.24, 2.45) is 5.92 Å². The van der Waals surface area contributed by atoms with E-state index in [9.17, 15) is 4.79 Å². The molecule has 0 aromatic heterocycles. The Hall–Kier alpha value is -1.71. The highest BCUT2D eigenvalue weighted by atomic mass is 35.5. The molecule has 0 saturated carbocycles. The molecule has 1 aliphatic heterocycles. The molecule has 0 radical (unpaired) electrons. The number of benzene rings is 2. The monoisotopic (exact) mass is 418 g/mol. The first-order valence-electron chi connectivity index (χ1n) is 10.0. The summed E-state index contributed by atoms with van der Waals surface area (Å²) in [6, 6.07) is 14.1. The highest BCUT2D eigenvalue weighted by Crippen LogP contribution is 2.25. The van der Waals surface area contributed by atoms with Gasteiger partial charge in [0, 0.05) is 25.2 Å². The first-order chi connectivity index (χ1) is 13.4. The normalized spacial score (nSPS) is 18.0. The van der Waals surface area contributed by atoms with Crippen LogP contribution in [-0.4, -0.2) is 19.0 Å². The minimum Gasteiger partial charge on any atom is -0.371 e. The Labute approximate surface area is 178 Å². The van der Waals surface area contributed by atoms with E-state index >= 15 is 0 Å². The number of halogens is 2. The van der Waals surface area contributed by atoms with E-state index in [2.05, 4.69) is 41.4 Å². The van der Waals surface area contributed by atoms with Gasteiger partial charge in [0.1, 0.15) is 0 Å². The average Bonchev–Trinajstić information content (AvgIpc) is 2.69. The van der Waals surface area contributed by atoms with Gasteiger partial charge in [0.2, 0.25) is 5.91 Å². The molecule has 1 saturated heterocycles. The lowest BCUT2D eigenvalue weighted by Crippen LogP contribution is -2.34. The number of carbonyl (C=O) groups excluding carboxylic acids is 1. The highest BCUT2D eigenvalue weighted by molar-refractivity contribution is 6.42. The summed E-state index contributed by atoms with van der Waals surface area (Å²) in [4.78, 5) is 14.8. The van der Waals surface area contributed by atoms with Crippen molar-refractivity contribution < 1.29 is 4.79 Å². The van der Waals surface area contributed by atoms with E-state index in [0.717, 1.165) is 30.1 Å². The number of nitrogens with zero attached hydrogens (tertiary/aromatic N) is 1. The Kier molecular flexibility index (Phi) is 7.25. The van der Waals surface area contributed by atoms with E-state index < -0.39 is 0 Å². The average molecular weight is 419 g/mol. The maximum atomic E-state index is 12.3. The number of anilines is 1. The number of aryl methyl sites for hydroxylation is 1. The number of rotatable bonds is 6. The van der Waals surface area contributed by atoms with E-state index in [1.54, 1.807) is 6.07 Å². The quantitative estimate of drug-likeness (QED) is 0.619. The Morgan fingerprint density at radius 1 is 1.18 bits per heavy atom. The van der Waals surface area contributed by atoms with E-state index in [0.29, 0.717) is 22.9 Å². The van der Waals surface area contributed by atoms with Gasteiger partial charge in [0.15, 0.2) is 0 Å². The summed E-state index contributed by atoms with van der Waals surface area (Å²) in [5.74, 6) is 0.787. The molecule has 0 unspecified atom stereocenters. The van der Waals surface area contributed by atoms with Crippen molar-refractivity contribution in [3.63, 3.8) is 0 Å². The Morgan fingerprint density at radius 2 is 1.93 bits per heavy atom. The van der Waals surface area contributed by atoms with Gasteiger partial charge in [0.05, 0.1) is 16.1 Å². The van der Waals surface area contributed by atoms with Crippen LogP contribution in [0.1, 0.15) is 50.3 Å². The van der Waals surface area contributed by atoms with Crippen LogP contribution in [0.3, 0.4) is 0 Å². The van der Waals surface area contributed by atoms with Crippen molar-refractivity contribution in [3.05, 3.63) is 63.6 Å². The smallest absolute Gasteiger partial charge is 0.220 e. The molecule has 1 N–H and O–H groups in total. The van der Waals surface area contributed by atoms with Crippen molar-refractivity contribution in [1.29, 1.82) is 0 Å². The molecule has 1 fully saturated rings. The third-order valence-corrected chi connectivity index (χ3v) is 6.16. The SMILES string of the molecule is C[C@@H]1CCCN(c2ccc([C@@H](C)NC(=O)CCc3ccc(Cl)c(Cl)c3)cc2)C1. The molecule has 0 aliphatic carbocycles. The van der Waals surface area contributed by atoms with Gasteiger partial charge in [-0.25, -0.2) is 0 Å². The van der Waals surface area contributed by atoms with Gasteiger partial charge < -0.3 is 10.2 Å². The van der Waals surface area contributed by atoms with Gasteiger partial charge in [-0.05, 0) is 67.5 Å². The molecule has 2 aromatic rings. The van der Waals surface area contributed by atoms with Gasteiger partial charge in [-0.1, -0.05) is 48.3 Å². The number of hydrogen-bond acceptors (Lipinski definition) is 2. The van der Waals surface area contributed by atoms with Crippen LogP contribution in [0.2, 0.25) is 10.0 Å². The van der Waals surface area contributed by atoms with Gasteiger partial charge in [0.25, 0.3) is 0 Å². The summed E-state index contributed by atoms with van der Waals surface area (Å²) in [7, 11) is 0. The maximum absolute atomic E-state index is 12.3. The van der Waals surface area contributed by atoms with E-state index in [-0.39, 0.29) is 11.9 Å². The molecule has 150 valence electrons. The molecule has 28 heavy (non-hydrogen) atoms. The fraction of sp³-hybridized carbons (Fsp3) is 0.435. The predicted molar refractivity (Wildman–Crippen MR) is 118 cm³/mol. The van der Waals surface area contributed by atoms with Gasteiger partial charge in [-0.2, -0.15) is 0 Å². The first-order valence-corrected chi connectivity index (χ1v) is 10.8. The van der Waals surface area contributed by atoms with Crippen molar-refractivity contribution in [3.8, 4) is 0 Å². The Balaban J connectivity index is 1.51. The minimum absolute atomic E-state index is 0.0179. The van der Waals surface area contributed by atoms with Gasteiger partial charge in [-0.3, -0.25) is 4.79 Å². The zero-order valence-electron chi connectivity index (χ0n) is 16.6. The molecule has 2 aromatic carbocycles. The summed E-state index contributed by atoms with van der Waals surface area (Å²) in [6.07, 6.45) is 3.64. The van der Waals surface area contributed by atoms with E-state index in [4.69, 9.17) is 23.2 Å². The number of hydrogen-bond donors (Lipinski definition) is 1. The predicted octanol–water partition coefficient (Wildman–Crippen LogP) is 6.04. The molecule has 5 heteroatoms. The van der Waals surface area contributed by atoms with E-state index in [1.807, 2.05) is 19.1 Å². The Morgan fingerprint density at radius 3 is 2.61 bits per heavy atom. The molecular formula is C23H28Cl2N2O. The van der Waals surface area contributed by atoms with E-state index in [1.165, 1.54) is 18.5 Å². The molecule has 3 rings (SSSR count). The zero-order valence-corrected chi connectivity index (χ0v) is 18.1. The lowest BCUT2D eigenvalue weighted by Gasteiger charge is -2.33. The number of nitrogens with one attached hydrogen (secondary N) is 1. The number of amides is 1. The molecule has 1 aliphatic rings. The molecular weight excluding hydrogens is 391 g/mol. The second kappa shape index (κ2) is 9.67. The summed E-state index contributed by atoms with van der Waals surface area (Å²) in [6.45, 7) is 6.59. The van der Waals surface area contributed by atoms with Crippen LogP contribution < -0.4 is 10.2 Å². The number of piperidine rings is 1. The molecule has 1 heterocycles. The van der Waals surface area contributed by atoms with Crippen molar-refractivity contribution in [1.82, 2.24) is 5.32 Å². The van der Waals surface area contributed by atoms with Crippen LogP contribution in [0, 0.1) is 5.92 Å². The number of carbonyl (C=O) groups is 1. The van der Waals surface area contributed by atoms with Crippen LogP contribution in [0.4, 0.5) is 5.69 Å². The summed E-state index contributed by atoms with van der Waals surface area (Å²) >= 11 is 12.0. The standard InChI is InChI=1S/C23H28Cl2N2O/c1-16-4-3-13-27(15-16)20-9-7-19(8-10-20)17(2)26-23(28)12-6-18-5-11-21(24)22(25)14-18/h5,7-11,14,16-17H,3-4,6,12-13,15H2,1-2H3,(H,26,28)/t16-,17-/m1/s1.